The highest BCUT2D eigenvalue weighted by atomic mass is 16.5. The second-order valence-corrected chi connectivity index (χ2v) is 7.31. The molecule has 2 heterocycles. The third-order valence-corrected chi connectivity index (χ3v) is 5.43. The third kappa shape index (κ3) is 4.87. The fourth-order valence-electron chi connectivity index (χ4n) is 3.72. The lowest BCUT2D eigenvalue weighted by atomic mass is 9.96. The predicted molar refractivity (Wildman–Crippen MR) is 109 cm³/mol. The molecule has 8 nitrogen and oxygen atoms in total. The van der Waals surface area contributed by atoms with Crippen LogP contribution >= 0.6 is 0 Å². The first kappa shape index (κ1) is 21.1. The van der Waals surface area contributed by atoms with Gasteiger partial charge in [-0.1, -0.05) is 18.2 Å². The van der Waals surface area contributed by atoms with Gasteiger partial charge in [0.1, 0.15) is 11.6 Å². The Balaban J connectivity index is 1.58. The number of piperidine rings is 1. The van der Waals surface area contributed by atoms with Gasteiger partial charge in [0.2, 0.25) is 0 Å². The Labute approximate surface area is 171 Å². The summed E-state index contributed by atoms with van der Waals surface area (Å²) < 4.78 is 14.0. The van der Waals surface area contributed by atoms with Crippen LogP contribution in [0.4, 0.5) is 0 Å². The maximum atomic E-state index is 12.5. The number of para-hydroxylation sites is 1. The normalized spacial score (nSPS) is 14.9. The molecule has 0 aliphatic carbocycles. The van der Waals surface area contributed by atoms with Crippen molar-refractivity contribution in [1.82, 2.24) is 19.2 Å². The van der Waals surface area contributed by atoms with Crippen LogP contribution in [0.5, 0.6) is 5.75 Å². The van der Waals surface area contributed by atoms with Crippen molar-refractivity contribution in [3.05, 3.63) is 46.1 Å². The van der Waals surface area contributed by atoms with Gasteiger partial charge in [0.25, 0.3) is 5.91 Å². The van der Waals surface area contributed by atoms with E-state index in [1.54, 1.807) is 11.7 Å². The van der Waals surface area contributed by atoms with Crippen LogP contribution in [0.15, 0.2) is 29.1 Å². The summed E-state index contributed by atoms with van der Waals surface area (Å²) in [6.07, 6.45) is 1.58. The number of aromatic nitrogens is 3. The average molecular weight is 402 g/mol. The van der Waals surface area contributed by atoms with Crippen molar-refractivity contribution in [3.63, 3.8) is 0 Å². The van der Waals surface area contributed by atoms with E-state index in [4.69, 9.17) is 9.47 Å². The molecular weight excluding hydrogens is 372 g/mol. The van der Waals surface area contributed by atoms with Crippen molar-refractivity contribution in [2.45, 2.75) is 45.7 Å². The number of hydrogen-bond donors (Lipinski definition) is 0. The predicted octanol–water partition coefficient (Wildman–Crippen LogP) is 1.80. The van der Waals surface area contributed by atoms with Gasteiger partial charge in [0.05, 0.1) is 13.2 Å². The second-order valence-electron chi connectivity index (χ2n) is 7.31. The van der Waals surface area contributed by atoms with Gasteiger partial charge in [-0.05, 0) is 38.3 Å². The lowest BCUT2D eigenvalue weighted by molar-refractivity contribution is -0.134. The number of hydrogen-bond acceptors (Lipinski definition) is 5. The van der Waals surface area contributed by atoms with Crippen molar-refractivity contribution < 1.29 is 14.3 Å². The van der Waals surface area contributed by atoms with Crippen LogP contribution in [0, 0.1) is 6.92 Å². The Bertz CT molecular complexity index is 881. The average Bonchev–Trinajstić information content (AvgIpc) is 3.06. The Hall–Kier alpha value is -2.61. The van der Waals surface area contributed by atoms with Gasteiger partial charge in [-0.3, -0.25) is 9.36 Å². The minimum atomic E-state index is -0.0929. The van der Waals surface area contributed by atoms with E-state index >= 15 is 0 Å². The van der Waals surface area contributed by atoms with Gasteiger partial charge in [-0.2, -0.15) is 5.10 Å². The van der Waals surface area contributed by atoms with Crippen LogP contribution in [0.2, 0.25) is 0 Å². The van der Waals surface area contributed by atoms with Crippen LogP contribution in [-0.2, 0) is 22.6 Å². The molecule has 158 valence electrons. The van der Waals surface area contributed by atoms with Crippen molar-refractivity contribution in [2.24, 2.45) is 0 Å². The molecule has 1 aromatic heterocycles. The number of likely N-dealkylation sites (tertiary alicyclic amines) is 1. The molecule has 1 saturated heterocycles. The van der Waals surface area contributed by atoms with Crippen LogP contribution < -0.4 is 10.4 Å². The van der Waals surface area contributed by atoms with Crippen molar-refractivity contribution in [1.29, 1.82) is 0 Å². The minimum absolute atomic E-state index is 0.00907. The molecule has 0 bridgehead atoms. The van der Waals surface area contributed by atoms with E-state index in [2.05, 4.69) is 5.10 Å². The molecule has 1 amide bonds. The van der Waals surface area contributed by atoms with Crippen molar-refractivity contribution >= 4 is 5.91 Å². The molecule has 3 rings (SSSR count). The number of carbonyl (C=O) groups is 1. The Morgan fingerprint density at radius 1 is 1.24 bits per heavy atom. The zero-order chi connectivity index (χ0) is 20.8. The molecule has 1 fully saturated rings. The van der Waals surface area contributed by atoms with Crippen LogP contribution in [-0.4, -0.2) is 58.6 Å². The summed E-state index contributed by atoms with van der Waals surface area (Å²) >= 11 is 0. The molecule has 1 aliphatic rings. The molecule has 2 aromatic rings. The number of benzene rings is 1. The number of ether oxygens (including phenoxy) is 2. The van der Waals surface area contributed by atoms with E-state index in [0.29, 0.717) is 32.8 Å². The van der Waals surface area contributed by atoms with E-state index in [1.807, 2.05) is 43.0 Å². The molecule has 29 heavy (non-hydrogen) atoms. The smallest absolute Gasteiger partial charge is 0.345 e. The molecule has 0 unspecified atom stereocenters. The van der Waals surface area contributed by atoms with E-state index in [0.717, 1.165) is 30.0 Å². The number of carbonyl (C=O) groups excluding carboxylic acids is 1. The van der Waals surface area contributed by atoms with Gasteiger partial charge in [-0.15, -0.1) is 0 Å². The minimum Gasteiger partial charge on any atom is -0.484 e. The lowest BCUT2D eigenvalue weighted by Crippen LogP contribution is -2.41. The van der Waals surface area contributed by atoms with Gasteiger partial charge in [0.15, 0.2) is 6.61 Å². The molecule has 8 heteroatoms. The maximum absolute atomic E-state index is 12.5. The number of amides is 1. The topological polar surface area (TPSA) is 78.6 Å². The van der Waals surface area contributed by atoms with E-state index in [1.165, 1.54) is 4.68 Å². The van der Waals surface area contributed by atoms with Gasteiger partial charge in [0, 0.05) is 32.7 Å². The summed E-state index contributed by atoms with van der Waals surface area (Å²) in [5.41, 5.74) is 0.922. The summed E-state index contributed by atoms with van der Waals surface area (Å²) in [6, 6.07) is 7.68. The summed E-state index contributed by atoms with van der Waals surface area (Å²) in [4.78, 5) is 26.9. The van der Waals surface area contributed by atoms with Crippen LogP contribution in [0.1, 0.15) is 37.1 Å². The highest BCUT2D eigenvalue weighted by Crippen LogP contribution is 2.26. The van der Waals surface area contributed by atoms with E-state index in [9.17, 15) is 9.59 Å². The zero-order valence-corrected chi connectivity index (χ0v) is 17.5. The van der Waals surface area contributed by atoms with Gasteiger partial charge in [-0.25, -0.2) is 9.48 Å². The number of rotatable bonds is 8. The SMILES string of the molecule is CCn1c(C2CCN(C(=O)COc3ccccc3C)CC2)nn(CCOC)c1=O. The molecule has 1 aromatic carbocycles. The first-order valence-electron chi connectivity index (χ1n) is 10.2. The highest BCUT2D eigenvalue weighted by Gasteiger charge is 2.28. The first-order chi connectivity index (χ1) is 14.0. The third-order valence-electron chi connectivity index (χ3n) is 5.43. The zero-order valence-electron chi connectivity index (χ0n) is 17.5. The molecule has 1 aliphatic heterocycles. The monoisotopic (exact) mass is 402 g/mol. The molecule has 0 radical (unpaired) electrons. The van der Waals surface area contributed by atoms with Crippen molar-refractivity contribution in [2.75, 3.05) is 33.4 Å². The van der Waals surface area contributed by atoms with Crippen LogP contribution in [0.3, 0.4) is 0 Å². The Morgan fingerprint density at radius 2 is 1.97 bits per heavy atom. The van der Waals surface area contributed by atoms with E-state index < -0.39 is 0 Å². The Kier molecular flexibility index (Phi) is 7.09. The molecule has 0 atom stereocenters. The fraction of sp³-hybridized carbons (Fsp3) is 0.571. The largest absolute Gasteiger partial charge is 0.484 e. The first-order valence-corrected chi connectivity index (χ1v) is 10.2. The Morgan fingerprint density at radius 3 is 2.62 bits per heavy atom. The second kappa shape index (κ2) is 9.73. The van der Waals surface area contributed by atoms with Crippen molar-refractivity contribution in [3.8, 4) is 5.75 Å². The molecular formula is C21H30N4O4. The maximum Gasteiger partial charge on any atom is 0.345 e. The lowest BCUT2D eigenvalue weighted by Gasteiger charge is -2.31. The quantitative estimate of drug-likeness (QED) is 0.673. The number of aryl methyl sites for hydroxylation is 1. The molecule has 0 saturated carbocycles. The van der Waals surface area contributed by atoms with Gasteiger partial charge < -0.3 is 14.4 Å². The van der Waals surface area contributed by atoms with Gasteiger partial charge >= 0.3 is 5.69 Å². The molecule has 0 N–H and O–H groups in total. The highest BCUT2D eigenvalue weighted by molar-refractivity contribution is 5.77. The summed E-state index contributed by atoms with van der Waals surface area (Å²) in [5, 5.41) is 4.56. The standard InChI is InChI=1S/C21H30N4O4/c1-4-24-20(22-25(21(24)27)13-14-28-3)17-9-11-23(12-10-17)19(26)15-29-18-8-6-5-7-16(18)2/h5-8,17H,4,9-15H2,1-3H3. The van der Waals surface area contributed by atoms with E-state index in [-0.39, 0.29) is 24.1 Å². The van der Waals surface area contributed by atoms with Crippen LogP contribution in [0.25, 0.3) is 0 Å². The summed E-state index contributed by atoms with van der Waals surface area (Å²) in [7, 11) is 1.61. The summed E-state index contributed by atoms with van der Waals surface area (Å²) in [6.45, 7) is 6.73. The fourth-order valence-corrected chi connectivity index (χ4v) is 3.72. The summed E-state index contributed by atoms with van der Waals surface area (Å²) in [5.74, 6) is 1.72. The molecule has 0 spiro atoms. The number of methoxy groups -OCH3 is 1. The number of nitrogens with zero attached hydrogens (tertiary/aromatic N) is 4.